The van der Waals surface area contributed by atoms with Crippen LogP contribution in [0.4, 0.5) is 0 Å². The normalized spacial score (nSPS) is 11.1. The fourth-order valence-corrected chi connectivity index (χ4v) is 3.36. The molecule has 0 N–H and O–H groups in total. The van der Waals surface area contributed by atoms with Crippen LogP contribution in [0, 0.1) is 29.6 Å². The number of benzene rings is 1. The van der Waals surface area contributed by atoms with Gasteiger partial charge in [-0.25, -0.2) is 0 Å². The Morgan fingerprint density at radius 1 is 1.33 bits per heavy atom. The van der Waals surface area contributed by atoms with E-state index in [0.717, 1.165) is 11.1 Å². The van der Waals surface area contributed by atoms with Crippen molar-refractivity contribution >= 4 is 23.0 Å². The van der Waals surface area contributed by atoms with Crippen LogP contribution in [0.25, 0.3) is 11.6 Å². The second-order valence-electron chi connectivity index (χ2n) is 5.17. The van der Waals surface area contributed by atoms with Crippen molar-refractivity contribution in [2.24, 2.45) is 0 Å². The number of hydrogen-bond acceptors (Lipinski definition) is 5. The van der Waals surface area contributed by atoms with E-state index in [-0.39, 0.29) is 11.1 Å². The highest BCUT2D eigenvalue weighted by Gasteiger charge is 2.09. The maximum atomic E-state index is 12.7. The molecule has 0 atom stereocenters. The summed E-state index contributed by atoms with van der Waals surface area (Å²) >= 11 is 1.18. The summed E-state index contributed by atoms with van der Waals surface area (Å²) in [7, 11) is 1.59. The van der Waals surface area contributed by atoms with Crippen molar-refractivity contribution in [1.29, 1.82) is 10.5 Å². The molecule has 2 rings (SSSR count). The number of thiazole rings is 1. The van der Waals surface area contributed by atoms with E-state index < -0.39 is 0 Å². The molecule has 2 aromatic rings. The molecule has 0 fully saturated rings. The Morgan fingerprint density at radius 2 is 2.04 bits per heavy atom. The molecule has 0 amide bonds. The van der Waals surface area contributed by atoms with Gasteiger partial charge in [0, 0.05) is 20.3 Å². The Hall–Kier alpha value is -2.67. The molecule has 0 saturated carbocycles. The van der Waals surface area contributed by atoms with Gasteiger partial charge in [0.1, 0.15) is 16.8 Å². The van der Waals surface area contributed by atoms with Gasteiger partial charge in [-0.05, 0) is 30.5 Å². The summed E-state index contributed by atoms with van der Waals surface area (Å²) in [6, 6.07) is 11.5. The molecule has 122 valence electrons. The molecule has 6 heteroatoms. The molecule has 0 saturated heterocycles. The average Bonchev–Trinajstić information content (AvgIpc) is 2.88. The van der Waals surface area contributed by atoms with Gasteiger partial charge in [0.15, 0.2) is 5.57 Å². The molecule has 0 bridgehead atoms. The number of ether oxygens (including phenoxy) is 1. The zero-order valence-corrected chi connectivity index (χ0v) is 14.4. The quantitative estimate of drug-likeness (QED) is 0.769. The third-order valence-corrected chi connectivity index (χ3v) is 4.68. The van der Waals surface area contributed by atoms with Crippen LogP contribution in [0.3, 0.4) is 0 Å². The summed E-state index contributed by atoms with van der Waals surface area (Å²) in [6.07, 6.45) is 2.44. The van der Waals surface area contributed by atoms with Crippen LogP contribution in [-0.4, -0.2) is 18.3 Å². The predicted molar refractivity (Wildman–Crippen MR) is 93.7 cm³/mol. The van der Waals surface area contributed by atoms with Gasteiger partial charge < -0.3 is 4.74 Å². The Balaban J connectivity index is 2.69. The van der Waals surface area contributed by atoms with Crippen LogP contribution in [-0.2, 0) is 11.3 Å². The lowest BCUT2D eigenvalue weighted by atomic mass is 10.1. The number of aromatic nitrogens is 1. The Labute approximate surface area is 144 Å². The van der Waals surface area contributed by atoms with Crippen molar-refractivity contribution in [3.8, 4) is 12.1 Å². The van der Waals surface area contributed by atoms with Gasteiger partial charge in [-0.3, -0.25) is 9.36 Å². The van der Waals surface area contributed by atoms with Crippen LogP contribution in [0.5, 0.6) is 0 Å². The molecular formula is C18H17N3O2S. The molecule has 0 aliphatic carbocycles. The van der Waals surface area contributed by atoms with Crippen LogP contribution >= 0.6 is 11.3 Å². The lowest BCUT2D eigenvalue weighted by molar-refractivity contribution is 0.190. The first kappa shape index (κ1) is 17.7. The number of methoxy groups -OCH3 is 1. The van der Waals surface area contributed by atoms with Crippen molar-refractivity contribution < 1.29 is 4.74 Å². The summed E-state index contributed by atoms with van der Waals surface area (Å²) in [4.78, 5) is 12.7. The molecule has 0 aliphatic rings. The molecule has 0 unspecified atom stereocenters. The van der Waals surface area contributed by atoms with Crippen molar-refractivity contribution in [2.75, 3.05) is 13.7 Å². The number of nitrogens with zero attached hydrogens (tertiary/aromatic N) is 3. The number of rotatable bonds is 5. The first-order valence-corrected chi connectivity index (χ1v) is 8.24. The van der Waals surface area contributed by atoms with E-state index in [4.69, 9.17) is 15.3 Å². The Morgan fingerprint density at radius 3 is 2.67 bits per heavy atom. The molecule has 0 aliphatic heterocycles. The minimum atomic E-state index is -0.183. The number of aryl methyl sites for hydroxylation is 1. The molecule has 1 aromatic heterocycles. The number of hydrogen-bond donors (Lipinski definition) is 0. The summed E-state index contributed by atoms with van der Waals surface area (Å²) in [6.45, 7) is 2.89. The minimum absolute atomic E-state index is 0.0426. The predicted octanol–water partition coefficient (Wildman–Crippen LogP) is 1.28. The van der Waals surface area contributed by atoms with Gasteiger partial charge in [0.05, 0.1) is 4.53 Å². The highest BCUT2D eigenvalue weighted by molar-refractivity contribution is 7.07. The molecule has 1 heterocycles. The second-order valence-corrected chi connectivity index (χ2v) is 6.20. The molecule has 0 spiro atoms. The summed E-state index contributed by atoms with van der Waals surface area (Å²) in [5.74, 6) is 0. The largest absolute Gasteiger partial charge is 0.385 e. The van der Waals surface area contributed by atoms with Gasteiger partial charge in [0.25, 0.3) is 5.56 Å². The molecule has 5 nitrogen and oxygen atoms in total. The fourth-order valence-electron chi connectivity index (χ4n) is 2.29. The molecular weight excluding hydrogens is 322 g/mol. The summed E-state index contributed by atoms with van der Waals surface area (Å²) in [5.41, 5.74) is 1.78. The average molecular weight is 339 g/mol. The molecule has 1 aromatic carbocycles. The van der Waals surface area contributed by atoms with Gasteiger partial charge in [0.2, 0.25) is 0 Å². The van der Waals surface area contributed by atoms with E-state index in [1.54, 1.807) is 7.11 Å². The van der Waals surface area contributed by atoms with E-state index in [0.29, 0.717) is 28.8 Å². The Bertz CT molecular complexity index is 971. The van der Waals surface area contributed by atoms with Crippen LogP contribution < -0.4 is 14.8 Å². The standard InChI is InChI=1S/C18H17N3O2S/c1-13-6-3-4-7-14(13)10-16-17(22)21(8-5-9-23-2)18(24-16)15(11-19)12-20/h3-4,6-7,10H,5,8-9H2,1-2H3. The van der Waals surface area contributed by atoms with Crippen molar-refractivity contribution in [3.05, 3.63) is 54.9 Å². The van der Waals surface area contributed by atoms with E-state index >= 15 is 0 Å². The SMILES string of the molecule is COCCCn1c(=C(C#N)C#N)sc(=Cc2ccccc2C)c1=O. The lowest BCUT2D eigenvalue weighted by Gasteiger charge is -2.01. The summed E-state index contributed by atoms with van der Waals surface area (Å²) < 4.78 is 7.43. The third-order valence-electron chi connectivity index (χ3n) is 3.55. The number of nitriles is 2. The van der Waals surface area contributed by atoms with Crippen molar-refractivity contribution in [1.82, 2.24) is 4.57 Å². The molecule has 0 radical (unpaired) electrons. The maximum Gasteiger partial charge on any atom is 0.269 e. The Kier molecular flexibility index (Phi) is 6.08. The van der Waals surface area contributed by atoms with Crippen LogP contribution in [0.1, 0.15) is 17.5 Å². The van der Waals surface area contributed by atoms with E-state index in [2.05, 4.69) is 0 Å². The van der Waals surface area contributed by atoms with E-state index in [1.165, 1.54) is 15.9 Å². The van der Waals surface area contributed by atoms with E-state index in [1.807, 2.05) is 49.4 Å². The smallest absolute Gasteiger partial charge is 0.269 e. The zero-order chi connectivity index (χ0) is 17.5. The summed E-state index contributed by atoms with van der Waals surface area (Å²) in [5, 5.41) is 18.3. The van der Waals surface area contributed by atoms with Gasteiger partial charge >= 0.3 is 0 Å². The topological polar surface area (TPSA) is 78.8 Å². The second kappa shape index (κ2) is 8.26. The van der Waals surface area contributed by atoms with E-state index in [9.17, 15) is 4.79 Å². The highest BCUT2D eigenvalue weighted by Crippen LogP contribution is 2.07. The van der Waals surface area contributed by atoms with Crippen LogP contribution in [0.2, 0.25) is 0 Å². The monoisotopic (exact) mass is 339 g/mol. The third kappa shape index (κ3) is 3.80. The first-order valence-electron chi connectivity index (χ1n) is 7.42. The van der Waals surface area contributed by atoms with Gasteiger partial charge in [-0.1, -0.05) is 24.3 Å². The highest BCUT2D eigenvalue weighted by atomic mass is 32.1. The van der Waals surface area contributed by atoms with Crippen LogP contribution in [0.15, 0.2) is 29.1 Å². The lowest BCUT2D eigenvalue weighted by Crippen LogP contribution is -2.32. The molecule has 24 heavy (non-hydrogen) atoms. The zero-order valence-electron chi connectivity index (χ0n) is 13.6. The maximum absolute atomic E-state index is 12.7. The first-order chi connectivity index (χ1) is 11.6. The fraction of sp³-hybridized carbons (Fsp3) is 0.278. The van der Waals surface area contributed by atoms with Gasteiger partial charge in [-0.2, -0.15) is 10.5 Å². The van der Waals surface area contributed by atoms with Crippen molar-refractivity contribution in [3.63, 3.8) is 0 Å². The van der Waals surface area contributed by atoms with Gasteiger partial charge in [-0.15, -0.1) is 11.3 Å². The minimum Gasteiger partial charge on any atom is -0.385 e. The van der Waals surface area contributed by atoms with Crippen molar-refractivity contribution in [2.45, 2.75) is 19.9 Å².